The Morgan fingerprint density at radius 2 is 1.13 bits per heavy atom. The Hall–Kier alpha value is -3.34. The molecule has 0 saturated carbocycles. The molecule has 0 aromatic heterocycles. The lowest BCUT2D eigenvalue weighted by molar-refractivity contribution is -0.125. The number of allylic oxidation sites excluding steroid dienone is 13. The summed E-state index contributed by atoms with van der Waals surface area (Å²) >= 11 is 0. The fourth-order valence-electron chi connectivity index (χ4n) is 3.39. The van der Waals surface area contributed by atoms with Crippen molar-refractivity contribution in [3.8, 4) is 0 Å². The van der Waals surface area contributed by atoms with E-state index in [1.54, 1.807) is 6.08 Å². The number of rotatable bonds is 21. The Balaban J connectivity index is 4.04. The molecule has 0 fully saturated rings. The summed E-state index contributed by atoms with van der Waals surface area (Å²) in [6.45, 7) is 10.1. The summed E-state index contributed by atoms with van der Waals surface area (Å²) in [7, 11) is 0. The van der Waals surface area contributed by atoms with Crippen molar-refractivity contribution in [2.24, 2.45) is 5.92 Å². The molecule has 5 heteroatoms. The van der Waals surface area contributed by atoms with Crippen LogP contribution in [0, 0.1) is 5.92 Å². The van der Waals surface area contributed by atoms with Gasteiger partial charge in [0.15, 0.2) is 0 Å². The largest absolute Gasteiger partial charge is 0.508 e. The summed E-state index contributed by atoms with van der Waals surface area (Å²) < 4.78 is 0. The van der Waals surface area contributed by atoms with Crippen LogP contribution in [-0.4, -0.2) is 30.0 Å². The maximum absolute atomic E-state index is 12.4. The van der Waals surface area contributed by atoms with Gasteiger partial charge in [-0.15, -0.1) is 0 Å². The fourth-order valence-corrected chi connectivity index (χ4v) is 3.39. The molecule has 0 bridgehead atoms. The molecule has 2 amide bonds. The first-order valence-corrected chi connectivity index (χ1v) is 14.0. The smallest absolute Gasteiger partial charge is 0.254 e. The molecule has 5 nitrogen and oxygen atoms in total. The SMILES string of the molecule is C=C(O)/C(=C\CC)C(=O)NCCNC(=O)C(CC)C/C=C\C/C=C\C/C=C\C/C=C\C/C=C\C/C=C\CC. The predicted octanol–water partition coefficient (Wildman–Crippen LogP) is 7.74. The molecule has 0 radical (unpaired) electrons. The number of hydrogen-bond acceptors (Lipinski definition) is 3. The summed E-state index contributed by atoms with van der Waals surface area (Å²) in [5.74, 6) is -0.755. The highest BCUT2D eigenvalue weighted by molar-refractivity contribution is 5.96. The third-order valence-corrected chi connectivity index (χ3v) is 5.55. The maximum atomic E-state index is 12.4. The molecule has 0 rings (SSSR count). The number of carbonyl (C=O) groups excluding carboxylic acids is 2. The van der Waals surface area contributed by atoms with Gasteiger partial charge in [0, 0.05) is 19.0 Å². The van der Waals surface area contributed by atoms with E-state index >= 15 is 0 Å². The fraction of sp³-hybridized carbons (Fsp3) is 0.455. The number of aliphatic hydroxyl groups is 1. The molecule has 0 saturated heterocycles. The standard InChI is InChI=1S/C33H50N2O3/c1-5-8-9-10-11-12-13-14-15-16-17-18-19-20-21-22-23-24-26-30(7-3)32(37)34-27-28-35-33(38)31(25-6-2)29(4)36/h8-9,11-12,14-15,17-18,20-21,23-25,30,36H,4-7,10,13,16,19,22,26-28H2,1-3H3,(H,34,37)(H,35,38)/b9-8-,12-11-,15-14-,18-17-,21-20-,24-23-,31-25+. The lowest BCUT2D eigenvalue weighted by Gasteiger charge is -2.14. The van der Waals surface area contributed by atoms with Gasteiger partial charge in [-0.2, -0.15) is 0 Å². The van der Waals surface area contributed by atoms with Gasteiger partial charge in [-0.05, 0) is 57.8 Å². The summed E-state index contributed by atoms with van der Waals surface area (Å²) in [4.78, 5) is 24.5. The van der Waals surface area contributed by atoms with Crippen molar-refractivity contribution in [1.29, 1.82) is 0 Å². The molecule has 0 aliphatic carbocycles. The minimum atomic E-state index is -0.390. The van der Waals surface area contributed by atoms with Crippen LogP contribution in [0.15, 0.2) is 96.9 Å². The molecule has 210 valence electrons. The van der Waals surface area contributed by atoms with Crippen LogP contribution in [0.5, 0.6) is 0 Å². The first-order chi connectivity index (χ1) is 18.5. The van der Waals surface area contributed by atoms with Gasteiger partial charge in [0.2, 0.25) is 5.91 Å². The first kappa shape index (κ1) is 34.7. The lowest BCUT2D eigenvalue weighted by Crippen LogP contribution is -2.38. The topological polar surface area (TPSA) is 78.4 Å². The minimum Gasteiger partial charge on any atom is -0.508 e. The third kappa shape index (κ3) is 19.8. The highest BCUT2D eigenvalue weighted by atomic mass is 16.3. The minimum absolute atomic E-state index is 0.0165. The Kier molecular flexibility index (Phi) is 23.1. The van der Waals surface area contributed by atoms with Crippen LogP contribution in [0.25, 0.3) is 0 Å². The molecule has 0 aromatic carbocycles. The molecule has 0 aliphatic rings. The Bertz CT molecular complexity index is 873. The molecule has 0 aromatic rings. The van der Waals surface area contributed by atoms with Crippen LogP contribution in [0.3, 0.4) is 0 Å². The Morgan fingerprint density at radius 3 is 1.55 bits per heavy atom. The van der Waals surface area contributed by atoms with Gasteiger partial charge in [0.25, 0.3) is 5.91 Å². The highest BCUT2D eigenvalue weighted by Gasteiger charge is 2.15. The normalized spacial score (nSPS) is 13.6. The number of hydrogen-bond donors (Lipinski definition) is 3. The van der Waals surface area contributed by atoms with Crippen molar-refractivity contribution >= 4 is 11.8 Å². The van der Waals surface area contributed by atoms with E-state index in [-0.39, 0.29) is 29.7 Å². The van der Waals surface area contributed by atoms with Crippen molar-refractivity contribution in [3.63, 3.8) is 0 Å². The average molecular weight is 523 g/mol. The van der Waals surface area contributed by atoms with Crippen molar-refractivity contribution < 1.29 is 14.7 Å². The van der Waals surface area contributed by atoms with Crippen molar-refractivity contribution in [3.05, 3.63) is 96.9 Å². The molecule has 0 spiro atoms. The quantitative estimate of drug-likeness (QED) is 0.0474. The lowest BCUT2D eigenvalue weighted by atomic mass is 10.0. The molecule has 0 heterocycles. The van der Waals surface area contributed by atoms with E-state index in [1.165, 1.54) is 0 Å². The highest BCUT2D eigenvalue weighted by Crippen LogP contribution is 2.10. The zero-order valence-electron chi connectivity index (χ0n) is 23.8. The van der Waals surface area contributed by atoms with E-state index in [9.17, 15) is 14.7 Å². The van der Waals surface area contributed by atoms with Gasteiger partial charge in [0.05, 0.1) is 5.57 Å². The second-order valence-electron chi connectivity index (χ2n) is 8.78. The van der Waals surface area contributed by atoms with E-state index in [0.29, 0.717) is 19.4 Å². The van der Waals surface area contributed by atoms with Crippen molar-refractivity contribution in [1.82, 2.24) is 10.6 Å². The van der Waals surface area contributed by atoms with Gasteiger partial charge in [-0.3, -0.25) is 9.59 Å². The first-order valence-electron chi connectivity index (χ1n) is 14.0. The van der Waals surface area contributed by atoms with Crippen molar-refractivity contribution in [2.75, 3.05) is 13.1 Å². The van der Waals surface area contributed by atoms with Crippen LogP contribution >= 0.6 is 0 Å². The van der Waals surface area contributed by atoms with Crippen molar-refractivity contribution in [2.45, 2.75) is 78.6 Å². The molecular formula is C33H50N2O3. The average Bonchev–Trinajstić information content (AvgIpc) is 2.90. The van der Waals surface area contributed by atoms with Crippen LogP contribution in [0.4, 0.5) is 0 Å². The summed E-state index contributed by atoms with van der Waals surface area (Å²) in [5.41, 5.74) is 0.169. The summed E-state index contributed by atoms with van der Waals surface area (Å²) in [6, 6.07) is 0. The van der Waals surface area contributed by atoms with E-state index in [1.807, 2.05) is 13.8 Å². The molecular weight excluding hydrogens is 472 g/mol. The van der Waals surface area contributed by atoms with Crippen LogP contribution in [-0.2, 0) is 9.59 Å². The third-order valence-electron chi connectivity index (χ3n) is 5.55. The molecule has 1 unspecified atom stereocenters. The molecule has 3 N–H and O–H groups in total. The summed E-state index contributed by atoms with van der Waals surface area (Å²) in [6.07, 6.45) is 35.5. The van der Waals surface area contributed by atoms with Gasteiger partial charge in [-0.1, -0.05) is 106 Å². The van der Waals surface area contributed by atoms with E-state index in [0.717, 1.165) is 44.9 Å². The van der Waals surface area contributed by atoms with Crippen LogP contribution < -0.4 is 10.6 Å². The summed E-state index contributed by atoms with van der Waals surface area (Å²) in [5, 5.41) is 15.1. The number of amides is 2. The second kappa shape index (κ2) is 25.3. The number of carbonyl (C=O) groups is 2. The second-order valence-corrected chi connectivity index (χ2v) is 8.78. The zero-order valence-corrected chi connectivity index (χ0v) is 23.8. The van der Waals surface area contributed by atoms with Gasteiger partial charge < -0.3 is 15.7 Å². The Labute approximate surface area is 231 Å². The Morgan fingerprint density at radius 1 is 0.684 bits per heavy atom. The van der Waals surface area contributed by atoms with E-state index in [2.05, 4.69) is 97.0 Å². The predicted molar refractivity (Wildman–Crippen MR) is 163 cm³/mol. The van der Waals surface area contributed by atoms with Gasteiger partial charge in [0.1, 0.15) is 5.76 Å². The molecule has 38 heavy (non-hydrogen) atoms. The molecule has 0 aliphatic heterocycles. The van der Waals surface area contributed by atoms with Crippen LogP contribution in [0.1, 0.15) is 78.6 Å². The maximum Gasteiger partial charge on any atom is 0.254 e. The van der Waals surface area contributed by atoms with Gasteiger partial charge in [-0.25, -0.2) is 0 Å². The van der Waals surface area contributed by atoms with Crippen LogP contribution in [0.2, 0.25) is 0 Å². The van der Waals surface area contributed by atoms with Gasteiger partial charge >= 0.3 is 0 Å². The number of aliphatic hydroxyl groups excluding tert-OH is 1. The molecule has 1 atom stereocenters. The zero-order chi connectivity index (χ0) is 28.3. The van der Waals surface area contributed by atoms with E-state index < -0.39 is 5.91 Å². The number of nitrogens with one attached hydrogen (secondary N) is 2. The van der Waals surface area contributed by atoms with E-state index in [4.69, 9.17) is 0 Å². The monoisotopic (exact) mass is 522 g/mol.